The van der Waals surface area contributed by atoms with E-state index in [0.717, 1.165) is 16.6 Å². The Bertz CT molecular complexity index is 462. The van der Waals surface area contributed by atoms with Crippen LogP contribution >= 0.6 is 0 Å². The quantitative estimate of drug-likeness (QED) is 0.702. The van der Waals surface area contributed by atoms with Gasteiger partial charge in [0.25, 0.3) is 0 Å². The number of aromatic nitrogens is 2. The highest BCUT2D eigenvalue weighted by molar-refractivity contribution is 5.82. The molecule has 0 aromatic carbocycles. The van der Waals surface area contributed by atoms with E-state index in [1.54, 1.807) is 6.20 Å². The van der Waals surface area contributed by atoms with Crippen LogP contribution in [0.4, 0.5) is 0 Å². The van der Waals surface area contributed by atoms with Crippen LogP contribution in [0, 0.1) is 0 Å². The van der Waals surface area contributed by atoms with Gasteiger partial charge in [-0.15, -0.1) is 0 Å². The molecule has 4 N–H and O–H groups in total. The van der Waals surface area contributed by atoms with Crippen LogP contribution in [0.15, 0.2) is 24.5 Å². The highest BCUT2D eigenvalue weighted by Gasteiger charge is 2.24. The molecule has 0 spiro atoms. The predicted molar refractivity (Wildman–Crippen MR) is 59.3 cm³/mol. The summed E-state index contributed by atoms with van der Waals surface area (Å²) in [6.45, 7) is 1.95. The van der Waals surface area contributed by atoms with Crippen LogP contribution in [0.2, 0.25) is 0 Å². The Morgan fingerprint density at radius 1 is 1.53 bits per heavy atom. The van der Waals surface area contributed by atoms with E-state index in [0.29, 0.717) is 6.42 Å². The Labute approximate surface area is 88.1 Å². The van der Waals surface area contributed by atoms with Crippen molar-refractivity contribution >= 4 is 10.9 Å². The molecule has 0 aliphatic carbocycles. The highest BCUT2D eigenvalue weighted by atomic mass is 16.3. The summed E-state index contributed by atoms with van der Waals surface area (Å²) >= 11 is 0. The van der Waals surface area contributed by atoms with Gasteiger partial charge in [0.05, 0.1) is 11.2 Å². The number of fused-ring (bicyclic) bond motifs is 1. The van der Waals surface area contributed by atoms with E-state index in [2.05, 4.69) is 9.97 Å². The maximum atomic E-state index is 8.97. The standard InChI is InChI=1S/C11H15N3O/c1-11(12,4-7-15)10-8-2-5-13-9(8)3-6-14-10/h2-3,5-6,13,15H,4,7,12H2,1H3/t11-/m0/s1. The van der Waals surface area contributed by atoms with Crippen molar-refractivity contribution in [1.29, 1.82) is 0 Å². The van der Waals surface area contributed by atoms with Crippen LogP contribution in [0.25, 0.3) is 10.9 Å². The Kier molecular flexibility index (Phi) is 2.46. The van der Waals surface area contributed by atoms with Crippen molar-refractivity contribution in [2.24, 2.45) is 5.73 Å². The molecule has 0 aliphatic rings. The predicted octanol–water partition coefficient (Wildman–Crippen LogP) is 1.12. The Balaban J connectivity index is 2.55. The van der Waals surface area contributed by atoms with E-state index in [9.17, 15) is 0 Å². The summed E-state index contributed by atoms with van der Waals surface area (Å²) in [6, 6.07) is 3.87. The topological polar surface area (TPSA) is 74.9 Å². The summed E-state index contributed by atoms with van der Waals surface area (Å²) in [5.41, 5.74) is 7.40. The molecule has 15 heavy (non-hydrogen) atoms. The SMILES string of the molecule is C[C@](N)(CCO)c1nccc2[nH]ccc12. The number of nitrogens with two attached hydrogens (primary N) is 1. The molecule has 0 unspecified atom stereocenters. The Morgan fingerprint density at radius 3 is 3.07 bits per heavy atom. The van der Waals surface area contributed by atoms with E-state index in [4.69, 9.17) is 10.8 Å². The molecule has 0 amide bonds. The zero-order chi connectivity index (χ0) is 10.9. The van der Waals surface area contributed by atoms with Gasteiger partial charge in [-0.25, -0.2) is 0 Å². The number of aliphatic hydroxyl groups is 1. The lowest BCUT2D eigenvalue weighted by Gasteiger charge is -2.23. The summed E-state index contributed by atoms with van der Waals surface area (Å²) in [4.78, 5) is 7.43. The first-order valence-electron chi connectivity index (χ1n) is 4.97. The van der Waals surface area contributed by atoms with Crippen LogP contribution < -0.4 is 5.73 Å². The van der Waals surface area contributed by atoms with Gasteiger partial charge in [0, 0.05) is 29.9 Å². The summed E-state index contributed by atoms with van der Waals surface area (Å²) in [7, 11) is 0. The smallest absolute Gasteiger partial charge is 0.0694 e. The lowest BCUT2D eigenvalue weighted by Crippen LogP contribution is -2.35. The van der Waals surface area contributed by atoms with E-state index in [1.807, 2.05) is 25.3 Å². The molecular formula is C11H15N3O. The van der Waals surface area contributed by atoms with Gasteiger partial charge in [0.2, 0.25) is 0 Å². The van der Waals surface area contributed by atoms with Crippen LogP contribution in [0.5, 0.6) is 0 Å². The summed E-state index contributed by atoms with van der Waals surface area (Å²) in [5.74, 6) is 0. The number of aromatic amines is 1. The number of aliphatic hydroxyl groups excluding tert-OH is 1. The first-order valence-corrected chi connectivity index (χ1v) is 4.97. The molecule has 0 saturated heterocycles. The fraction of sp³-hybridized carbons (Fsp3) is 0.364. The second kappa shape index (κ2) is 3.64. The summed E-state index contributed by atoms with van der Waals surface area (Å²) in [5, 5.41) is 9.99. The first-order chi connectivity index (χ1) is 7.15. The molecule has 2 rings (SSSR count). The third-order valence-electron chi connectivity index (χ3n) is 2.65. The third kappa shape index (κ3) is 1.73. The van der Waals surface area contributed by atoms with E-state index in [-0.39, 0.29) is 6.61 Å². The zero-order valence-corrected chi connectivity index (χ0v) is 8.70. The van der Waals surface area contributed by atoms with Crippen LogP contribution in [-0.2, 0) is 5.54 Å². The minimum absolute atomic E-state index is 0.0650. The number of pyridine rings is 1. The zero-order valence-electron chi connectivity index (χ0n) is 8.70. The van der Waals surface area contributed by atoms with E-state index in [1.165, 1.54) is 0 Å². The van der Waals surface area contributed by atoms with Crippen molar-refractivity contribution in [2.45, 2.75) is 18.9 Å². The molecule has 0 radical (unpaired) electrons. The molecule has 0 saturated carbocycles. The average molecular weight is 205 g/mol. The van der Waals surface area contributed by atoms with Gasteiger partial charge in [0.1, 0.15) is 0 Å². The van der Waals surface area contributed by atoms with Gasteiger partial charge < -0.3 is 15.8 Å². The molecule has 2 heterocycles. The second-order valence-electron chi connectivity index (χ2n) is 3.99. The van der Waals surface area contributed by atoms with Crippen molar-refractivity contribution in [3.63, 3.8) is 0 Å². The average Bonchev–Trinajstić information content (AvgIpc) is 2.64. The number of H-pyrrole nitrogens is 1. The fourth-order valence-corrected chi connectivity index (χ4v) is 1.79. The molecule has 1 atom stereocenters. The minimum atomic E-state index is -0.587. The van der Waals surface area contributed by atoms with Gasteiger partial charge in [0.15, 0.2) is 0 Å². The monoisotopic (exact) mass is 205 g/mol. The summed E-state index contributed by atoms with van der Waals surface area (Å²) in [6.07, 6.45) is 4.10. The normalized spacial score (nSPS) is 15.4. The minimum Gasteiger partial charge on any atom is -0.396 e. The molecule has 4 nitrogen and oxygen atoms in total. The van der Waals surface area contributed by atoms with Crippen LogP contribution in [0.3, 0.4) is 0 Å². The number of nitrogens with zero attached hydrogens (tertiary/aromatic N) is 1. The largest absolute Gasteiger partial charge is 0.396 e. The van der Waals surface area contributed by atoms with E-state index >= 15 is 0 Å². The molecule has 2 aromatic heterocycles. The lowest BCUT2D eigenvalue weighted by molar-refractivity contribution is 0.246. The molecular weight excluding hydrogens is 190 g/mol. The molecule has 0 fully saturated rings. The van der Waals surface area contributed by atoms with E-state index < -0.39 is 5.54 Å². The third-order valence-corrected chi connectivity index (χ3v) is 2.65. The number of rotatable bonds is 3. The first kappa shape index (κ1) is 10.1. The maximum absolute atomic E-state index is 8.97. The van der Waals surface area contributed by atoms with Gasteiger partial charge >= 0.3 is 0 Å². The van der Waals surface area contributed by atoms with Crippen molar-refractivity contribution < 1.29 is 5.11 Å². The Morgan fingerprint density at radius 2 is 2.33 bits per heavy atom. The molecule has 0 bridgehead atoms. The Hall–Kier alpha value is -1.39. The fourth-order valence-electron chi connectivity index (χ4n) is 1.79. The van der Waals surface area contributed by atoms with Crippen molar-refractivity contribution in [1.82, 2.24) is 9.97 Å². The van der Waals surface area contributed by atoms with Crippen LogP contribution in [0.1, 0.15) is 19.0 Å². The van der Waals surface area contributed by atoms with Gasteiger partial charge in [-0.1, -0.05) is 0 Å². The van der Waals surface area contributed by atoms with Crippen LogP contribution in [-0.4, -0.2) is 21.7 Å². The maximum Gasteiger partial charge on any atom is 0.0694 e. The number of nitrogens with one attached hydrogen (secondary N) is 1. The second-order valence-corrected chi connectivity index (χ2v) is 3.99. The number of hydrogen-bond acceptors (Lipinski definition) is 3. The summed E-state index contributed by atoms with van der Waals surface area (Å²) < 4.78 is 0. The van der Waals surface area contributed by atoms with Gasteiger partial charge in [-0.2, -0.15) is 0 Å². The molecule has 0 aliphatic heterocycles. The number of hydrogen-bond donors (Lipinski definition) is 3. The molecule has 4 heteroatoms. The molecule has 2 aromatic rings. The van der Waals surface area contributed by atoms with Gasteiger partial charge in [-0.3, -0.25) is 4.98 Å². The van der Waals surface area contributed by atoms with Crippen molar-refractivity contribution in [2.75, 3.05) is 6.61 Å². The molecule has 80 valence electrons. The highest BCUT2D eigenvalue weighted by Crippen LogP contribution is 2.26. The van der Waals surface area contributed by atoms with Crippen molar-refractivity contribution in [3.8, 4) is 0 Å². The van der Waals surface area contributed by atoms with Gasteiger partial charge in [-0.05, 0) is 25.5 Å². The lowest BCUT2D eigenvalue weighted by atomic mass is 9.92. The van der Waals surface area contributed by atoms with Crippen molar-refractivity contribution in [3.05, 3.63) is 30.2 Å².